The van der Waals surface area contributed by atoms with Gasteiger partial charge in [-0.25, -0.2) is 0 Å². The Kier molecular flexibility index (Phi) is 12.8. The number of hydrogen-bond acceptors (Lipinski definition) is 9. The van der Waals surface area contributed by atoms with Gasteiger partial charge in [-0.1, -0.05) is 52.8 Å². The lowest BCUT2D eigenvalue weighted by Crippen LogP contribution is -2.62. The van der Waals surface area contributed by atoms with Gasteiger partial charge in [-0.15, -0.1) is 0 Å². The molecule has 3 saturated carbocycles. The van der Waals surface area contributed by atoms with Crippen molar-refractivity contribution >= 4 is 23.4 Å². The Morgan fingerprint density at radius 2 is 1.79 bits per heavy atom. The van der Waals surface area contributed by atoms with Gasteiger partial charge in [-0.2, -0.15) is 5.06 Å². The van der Waals surface area contributed by atoms with Crippen LogP contribution < -0.4 is 25.6 Å². The molecule has 2 aromatic carbocycles. The Hall–Kier alpha value is -3.71. The minimum absolute atomic E-state index is 0.0285. The molecular weight excluding hydrogens is 674 g/mol. The highest BCUT2D eigenvalue weighted by Crippen LogP contribution is 2.61. The Bertz CT molecular complexity index is 1630. The van der Waals surface area contributed by atoms with Crippen LogP contribution in [-0.4, -0.2) is 98.2 Å². The maximum absolute atomic E-state index is 14.2. The first-order valence-corrected chi connectivity index (χ1v) is 19.1. The number of nitrogens with one attached hydrogen (secondary N) is 3. The van der Waals surface area contributed by atoms with Crippen LogP contribution in [0.1, 0.15) is 76.7 Å². The number of methoxy groups -OCH3 is 1. The second-order valence-corrected chi connectivity index (χ2v) is 16.6. The average Bonchev–Trinajstić information content (AvgIpc) is 3.48. The topological polar surface area (TPSA) is 153 Å². The first-order chi connectivity index (χ1) is 25.1. The largest absolute Gasteiger partial charge is 0.496 e. The van der Waals surface area contributed by atoms with Gasteiger partial charge in [0.1, 0.15) is 17.9 Å². The van der Waals surface area contributed by atoms with Crippen molar-refractivity contribution in [3.8, 4) is 16.9 Å². The predicted octanol–water partition coefficient (Wildman–Crippen LogP) is 3.98. The first kappa shape index (κ1) is 40.5. The predicted molar refractivity (Wildman–Crippen MR) is 205 cm³/mol. The minimum Gasteiger partial charge on any atom is -0.496 e. The molecule has 1 heterocycles. The summed E-state index contributed by atoms with van der Waals surface area (Å²) in [6.45, 7) is 12.9. The summed E-state index contributed by atoms with van der Waals surface area (Å²) in [5.41, 5.74) is 3.77. The van der Waals surface area contributed by atoms with E-state index < -0.39 is 24.2 Å². The second kappa shape index (κ2) is 16.8. The molecule has 3 aliphatic carbocycles. The monoisotopic (exact) mass is 735 g/mol. The summed E-state index contributed by atoms with van der Waals surface area (Å²) in [5, 5.41) is 31.9. The van der Waals surface area contributed by atoms with Gasteiger partial charge in [0.25, 0.3) is 5.91 Å². The van der Waals surface area contributed by atoms with Gasteiger partial charge >= 0.3 is 0 Å². The van der Waals surface area contributed by atoms with Crippen molar-refractivity contribution in [1.29, 1.82) is 0 Å². The lowest BCUT2D eigenvalue weighted by atomic mass is 9.45. The summed E-state index contributed by atoms with van der Waals surface area (Å²) in [6.07, 6.45) is 0.872. The van der Waals surface area contributed by atoms with Crippen LogP contribution in [0.5, 0.6) is 5.75 Å². The van der Waals surface area contributed by atoms with Crippen LogP contribution in [0.15, 0.2) is 36.4 Å². The van der Waals surface area contributed by atoms with Gasteiger partial charge in [-0.3, -0.25) is 19.2 Å². The van der Waals surface area contributed by atoms with Crippen molar-refractivity contribution in [1.82, 2.24) is 21.0 Å². The summed E-state index contributed by atoms with van der Waals surface area (Å²) < 4.78 is 6.03. The number of rotatable bonds is 15. The lowest BCUT2D eigenvalue weighted by Gasteiger charge is -2.62. The number of hydroxylamine groups is 2. The molecule has 2 bridgehead atoms. The number of carbonyl (C=O) groups is 3. The number of aliphatic hydroxyl groups excluding tert-OH is 2. The molecule has 3 amide bonds. The van der Waals surface area contributed by atoms with Gasteiger partial charge in [-0.05, 0) is 72.6 Å². The number of anilines is 1. The van der Waals surface area contributed by atoms with E-state index in [0.717, 1.165) is 28.8 Å². The van der Waals surface area contributed by atoms with E-state index in [1.807, 2.05) is 69.2 Å². The number of carbonyl (C=O) groups excluding carboxylic acids is 3. The summed E-state index contributed by atoms with van der Waals surface area (Å²) in [4.78, 5) is 47.8. The smallest absolute Gasteiger partial charge is 0.251 e. The Morgan fingerprint density at radius 1 is 1.08 bits per heavy atom. The molecule has 12 nitrogen and oxygen atoms in total. The zero-order valence-corrected chi connectivity index (χ0v) is 32.9. The molecule has 0 aromatic heterocycles. The van der Waals surface area contributed by atoms with Crippen molar-refractivity contribution in [3.05, 3.63) is 47.5 Å². The third kappa shape index (κ3) is 8.66. The van der Waals surface area contributed by atoms with Crippen molar-refractivity contribution in [2.45, 2.75) is 91.6 Å². The molecule has 53 heavy (non-hydrogen) atoms. The van der Waals surface area contributed by atoms with E-state index in [0.29, 0.717) is 42.0 Å². The molecular formula is C41H61N5O7. The quantitative estimate of drug-likeness (QED) is 0.171. The Balaban J connectivity index is 1.39. The molecule has 4 aliphatic rings. The highest BCUT2D eigenvalue weighted by molar-refractivity contribution is 5.97. The average molecular weight is 736 g/mol. The van der Waals surface area contributed by atoms with Crippen molar-refractivity contribution in [2.75, 3.05) is 45.8 Å². The van der Waals surface area contributed by atoms with E-state index in [1.165, 1.54) is 6.42 Å². The van der Waals surface area contributed by atoms with E-state index in [1.54, 1.807) is 19.1 Å². The van der Waals surface area contributed by atoms with Crippen molar-refractivity contribution in [2.24, 2.45) is 35.0 Å². The van der Waals surface area contributed by atoms with E-state index in [2.05, 4.69) is 36.7 Å². The number of hydrogen-bond donors (Lipinski definition) is 5. The van der Waals surface area contributed by atoms with Crippen molar-refractivity contribution in [3.63, 3.8) is 0 Å². The molecule has 4 fully saturated rings. The number of benzene rings is 2. The van der Waals surface area contributed by atoms with E-state index in [9.17, 15) is 24.6 Å². The summed E-state index contributed by atoms with van der Waals surface area (Å²) in [7, 11) is 5.40. The molecule has 8 atom stereocenters. The maximum Gasteiger partial charge on any atom is 0.251 e. The summed E-state index contributed by atoms with van der Waals surface area (Å²) >= 11 is 0. The number of ether oxygens (including phenoxy) is 1. The van der Waals surface area contributed by atoms with Crippen LogP contribution in [0.2, 0.25) is 0 Å². The van der Waals surface area contributed by atoms with E-state index in [4.69, 9.17) is 9.57 Å². The first-order valence-electron chi connectivity index (χ1n) is 19.1. The van der Waals surface area contributed by atoms with E-state index in [-0.39, 0.29) is 54.8 Å². The van der Waals surface area contributed by atoms with Gasteiger partial charge < -0.3 is 35.8 Å². The molecule has 1 saturated heterocycles. The number of fused-ring (bicyclic) bond motifs is 2. The fraction of sp³-hybridized carbons (Fsp3) is 0.634. The molecule has 0 unspecified atom stereocenters. The fourth-order valence-corrected chi connectivity index (χ4v) is 8.91. The highest BCUT2D eigenvalue weighted by Gasteiger charge is 2.57. The molecule has 12 heteroatoms. The van der Waals surface area contributed by atoms with Crippen LogP contribution in [0, 0.1) is 35.0 Å². The molecule has 0 radical (unpaired) electrons. The molecule has 0 spiro atoms. The SMILES string of the molecule is COc1c(CN2O[C@@H](CO)[C@@H]([C@H](C)O)[C@H]2C(=O)N[C@H]2C[C@H]3C[C@H]([C@@H]2C)C3(C)C)cccc1-c1cc(C(=O)NCCNC(=O)CC(C)C)cc(N(C)C)c1. The van der Waals surface area contributed by atoms with E-state index >= 15 is 0 Å². The molecule has 292 valence electrons. The maximum atomic E-state index is 14.2. The van der Waals surface area contributed by atoms with Crippen LogP contribution in [-0.2, 0) is 21.0 Å². The lowest BCUT2D eigenvalue weighted by molar-refractivity contribution is -0.183. The molecule has 6 rings (SSSR count). The number of para-hydroxylation sites is 1. The van der Waals surface area contributed by atoms with Crippen LogP contribution in [0.3, 0.4) is 0 Å². The van der Waals surface area contributed by atoms with Gasteiger partial charge in [0.2, 0.25) is 11.8 Å². The standard InChI is InChI=1S/C41H61N5O7/c1-23(2)15-35(49)42-13-14-43-39(50)28-16-27(17-30(18-28)45(7)8)31-12-10-11-26(38(31)52-9)21-46-37(36(25(4)48)34(22-47)53-46)40(51)44-33-20-29-19-32(24(33)3)41(29,5)6/h10-12,16-18,23-25,29,32-34,36-37,47-48H,13-15,19-22H2,1-9H3,(H,42,49)(H,43,50)(H,44,51)/t24-,25-,29+,32+,33-,34-,36+,37-/m0/s1. The third-order valence-corrected chi connectivity index (χ3v) is 12.0. The van der Waals surface area contributed by atoms with Gasteiger partial charge in [0.15, 0.2) is 0 Å². The van der Waals surface area contributed by atoms with Crippen LogP contribution in [0.25, 0.3) is 11.1 Å². The number of aliphatic hydroxyl groups is 2. The zero-order valence-electron chi connectivity index (χ0n) is 32.9. The Labute approximate surface area is 314 Å². The minimum atomic E-state index is -0.910. The van der Waals surface area contributed by atoms with Crippen LogP contribution in [0.4, 0.5) is 5.69 Å². The summed E-state index contributed by atoms with van der Waals surface area (Å²) in [6, 6.07) is 10.5. The molecule has 5 N–H and O–H groups in total. The zero-order chi connectivity index (χ0) is 38.8. The van der Waals surface area contributed by atoms with Crippen LogP contribution >= 0.6 is 0 Å². The number of nitrogens with zero attached hydrogens (tertiary/aromatic N) is 2. The molecule has 1 aliphatic heterocycles. The third-order valence-electron chi connectivity index (χ3n) is 12.0. The fourth-order valence-electron chi connectivity index (χ4n) is 8.91. The van der Waals surface area contributed by atoms with Gasteiger partial charge in [0.05, 0.1) is 26.4 Å². The molecule has 2 aromatic rings. The number of amides is 3. The highest BCUT2D eigenvalue weighted by atomic mass is 16.7. The second-order valence-electron chi connectivity index (χ2n) is 16.6. The normalized spacial score (nSPS) is 26.8. The van der Waals surface area contributed by atoms with Gasteiger partial charge in [0, 0.05) is 67.9 Å². The Morgan fingerprint density at radius 3 is 2.40 bits per heavy atom. The van der Waals surface area contributed by atoms with Crippen molar-refractivity contribution < 1.29 is 34.2 Å². The summed E-state index contributed by atoms with van der Waals surface area (Å²) in [5.74, 6) is 1.06.